The molecule has 2 aromatic carbocycles. The first-order valence-electron chi connectivity index (χ1n) is 10.8. The molecule has 1 aliphatic rings. The van der Waals surface area contributed by atoms with Gasteiger partial charge in [0.05, 0.1) is 11.5 Å². The average Bonchev–Trinajstić information content (AvgIpc) is 2.81. The first-order chi connectivity index (χ1) is 15.4. The summed E-state index contributed by atoms with van der Waals surface area (Å²) in [5.74, 6) is 0.582. The van der Waals surface area contributed by atoms with Gasteiger partial charge in [0.15, 0.2) is 0 Å². The Kier molecular flexibility index (Phi) is 8.11. The summed E-state index contributed by atoms with van der Waals surface area (Å²) < 4.78 is 38.0. The van der Waals surface area contributed by atoms with Crippen molar-refractivity contribution < 1.29 is 27.9 Å². The van der Waals surface area contributed by atoms with Crippen molar-refractivity contribution in [1.82, 2.24) is 10.4 Å². The maximum absolute atomic E-state index is 13.6. The smallest absolute Gasteiger partial charge is 0.432 e. The van der Waals surface area contributed by atoms with Gasteiger partial charge in [-0.1, -0.05) is 43.7 Å². The van der Waals surface area contributed by atoms with Crippen molar-refractivity contribution in [1.29, 1.82) is 0 Å². The van der Waals surface area contributed by atoms with Crippen LogP contribution >= 0.6 is 0 Å². The molecule has 0 bridgehead atoms. The van der Waals surface area contributed by atoms with E-state index in [0.717, 1.165) is 18.4 Å². The number of nitrogens with zero attached hydrogens (tertiary/aromatic N) is 1. The zero-order valence-electron chi connectivity index (χ0n) is 18.2. The van der Waals surface area contributed by atoms with Gasteiger partial charge in [0, 0.05) is 32.5 Å². The zero-order chi connectivity index (χ0) is 23.0. The summed E-state index contributed by atoms with van der Waals surface area (Å²) in [6, 6.07) is 16.0. The number of amides is 1. The van der Waals surface area contributed by atoms with Crippen LogP contribution in [0.2, 0.25) is 0 Å². The molecule has 32 heavy (non-hydrogen) atoms. The first-order valence-corrected chi connectivity index (χ1v) is 12.3. The number of ether oxygens (including phenoxy) is 2. The highest BCUT2D eigenvalue weighted by Gasteiger charge is 2.50. The second kappa shape index (κ2) is 10.8. The van der Waals surface area contributed by atoms with E-state index in [1.807, 2.05) is 30.3 Å². The Morgan fingerprint density at radius 3 is 2.34 bits per heavy atom. The predicted octanol–water partition coefficient (Wildman–Crippen LogP) is 3.75. The van der Waals surface area contributed by atoms with E-state index in [4.69, 9.17) is 14.7 Å². The highest BCUT2D eigenvalue weighted by Crippen LogP contribution is 2.37. The van der Waals surface area contributed by atoms with Crippen molar-refractivity contribution in [3.8, 4) is 5.75 Å². The van der Waals surface area contributed by atoms with Gasteiger partial charge in [0.1, 0.15) is 5.75 Å². The lowest BCUT2D eigenvalue weighted by molar-refractivity contribution is 0.000287. The summed E-state index contributed by atoms with van der Waals surface area (Å²) in [6.07, 6.45) is 0.895. The maximum Gasteiger partial charge on any atom is 0.432 e. The molecular formula is C23H30N2O6S. The third-order valence-electron chi connectivity index (χ3n) is 5.63. The van der Waals surface area contributed by atoms with Crippen molar-refractivity contribution in [3.05, 3.63) is 60.2 Å². The van der Waals surface area contributed by atoms with E-state index in [0.29, 0.717) is 32.0 Å². The molecule has 1 fully saturated rings. The minimum Gasteiger partial charge on any atom is -0.494 e. The summed E-state index contributed by atoms with van der Waals surface area (Å²) in [5.41, 5.74) is 2.51. The Labute approximate surface area is 189 Å². The van der Waals surface area contributed by atoms with Gasteiger partial charge in [-0.25, -0.2) is 18.7 Å². The van der Waals surface area contributed by atoms with E-state index in [-0.39, 0.29) is 17.7 Å². The number of likely N-dealkylation sites (tertiary alicyclic amines) is 1. The fraction of sp³-hybridized carbons (Fsp3) is 0.435. The molecule has 1 amide bonds. The van der Waals surface area contributed by atoms with Gasteiger partial charge >= 0.3 is 6.09 Å². The van der Waals surface area contributed by atoms with Crippen molar-refractivity contribution in [3.63, 3.8) is 0 Å². The number of piperidine rings is 1. The number of nitrogens with one attached hydrogen (secondary N) is 1. The molecule has 9 heteroatoms. The van der Waals surface area contributed by atoms with Crippen molar-refractivity contribution in [2.24, 2.45) is 0 Å². The van der Waals surface area contributed by atoms with E-state index in [2.05, 4.69) is 11.8 Å². The quantitative estimate of drug-likeness (QED) is 0.332. The number of carbonyl (C=O) groups is 1. The van der Waals surface area contributed by atoms with Gasteiger partial charge in [-0.2, -0.15) is 0 Å². The Bertz CT molecular complexity index is 971. The standard InChI is InChI=1S/C23H30N2O6S/c1-2-3-17-30-20-9-11-21(12-10-20)32(28,29)23(31-22(26)24-27)13-15-25(16-14-23)18-19-7-5-4-6-8-19/h4-12,27H,2-3,13-18H2,1H3,(H,24,26). The van der Waals surface area contributed by atoms with Crippen LogP contribution in [-0.4, -0.2) is 49.2 Å². The first kappa shape index (κ1) is 24.0. The fourth-order valence-corrected chi connectivity index (χ4v) is 5.60. The van der Waals surface area contributed by atoms with Crippen LogP contribution in [0.5, 0.6) is 5.75 Å². The van der Waals surface area contributed by atoms with E-state index in [1.54, 1.807) is 12.1 Å². The fourth-order valence-electron chi connectivity index (χ4n) is 3.78. The Morgan fingerprint density at radius 2 is 1.75 bits per heavy atom. The van der Waals surface area contributed by atoms with E-state index < -0.39 is 20.9 Å². The molecule has 174 valence electrons. The molecule has 1 saturated heterocycles. The molecule has 0 atom stereocenters. The molecule has 2 N–H and O–H groups in total. The molecule has 0 spiro atoms. The number of sulfone groups is 1. The molecule has 8 nitrogen and oxygen atoms in total. The van der Waals surface area contributed by atoms with Crippen LogP contribution in [0, 0.1) is 0 Å². The molecular weight excluding hydrogens is 432 g/mol. The number of rotatable bonds is 9. The molecule has 2 aromatic rings. The molecule has 3 rings (SSSR count). The molecule has 1 aliphatic heterocycles. The van der Waals surface area contributed by atoms with Gasteiger partial charge in [-0.3, -0.25) is 10.1 Å². The van der Waals surface area contributed by atoms with Crippen LogP contribution in [0.4, 0.5) is 4.79 Å². The van der Waals surface area contributed by atoms with Gasteiger partial charge in [0.25, 0.3) is 0 Å². The number of benzene rings is 2. The Morgan fingerprint density at radius 1 is 1.09 bits per heavy atom. The van der Waals surface area contributed by atoms with Crippen molar-refractivity contribution in [2.45, 2.75) is 49.0 Å². The van der Waals surface area contributed by atoms with Crippen LogP contribution in [0.15, 0.2) is 59.5 Å². The highest BCUT2D eigenvalue weighted by molar-refractivity contribution is 7.92. The van der Waals surface area contributed by atoms with Gasteiger partial charge in [-0.05, 0) is 36.2 Å². The zero-order valence-corrected chi connectivity index (χ0v) is 19.0. The maximum atomic E-state index is 13.6. The summed E-state index contributed by atoms with van der Waals surface area (Å²) in [4.78, 5) is 12.3. The van der Waals surface area contributed by atoms with Gasteiger partial charge in [0.2, 0.25) is 14.8 Å². The third kappa shape index (κ3) is 5.59. The number of unbranched alkanes of at least 4 members (excludes halogenated alkanes) is 1. The Balaban J connectivity index is 1.78. The van der Waals surface area contributed by atoms with Crippen LogP contribution in [-0.2, 0) is 21.1 Å². The highest BCUT2D eigenvalue weighted by atomic mass is 32.2. The van der Waals surface area contributed by atoms with Crippen molar-refractivity contribution in [2.75, 3.05) is 19.7 Å². The number of hydrogen-bond acceptors (Lipinski definition) is 7. The van der Waals surface area contributed by atoms with Crippen molar-refractivity contribution >= 4 is 15.9 Å². The summed E-state index contributed by atoms with van der Waals surface area (Å²) in [7, 11) is -4.04. The number of carbonyl (C=O) groups excluding carboxylic acids is 1. The van der Waals surface area contributed by atoms with Gasteiger partial charge in [-0.15, -0.1) is 0 Å². The molecule has 0 radical (unpaired) electrons. The van der Waals surface area contributed by atoms with E-state index in [1.165, 1.54) is 17.6 Å². The minimum absolute atomic E-state index is 0.0441. The Hall–Kier alpha value is -2.62. The van der Waals surface area contributed by atoms with Crippen LogP contribution in [0.3, 0.4) is 0 Å². The lowest BCUT2D eigenvalue weighted by Gasteiger charge is -2.40. The number of hydrogen-bond donors (Lipinski definition) is 2. The van der Waals surface area contributed by atoms with Crippen LogP contribution < -0.4 is 10.2 Å². The largest absolute Gasteiger partial charge is 0.494 e. The molecule has 0 aromatic heterocycles. The second-order valence-corrected chi connectivity index (χ2v) is 10.1. The topological polar surface area (TPSA) is 105 Å². The lowest BCUT2D eigenvalue weighted by atomic mass is 10.1. The lowest BCUT2D eigenvalue weighted by Crippen LogP contribution is -2.52. The molecule has 0 saturated carbocycles. The summed E-state index contributed by atoms with van der Waals surface area (Å²) in [6.45, 7) is 4.14. The SMILES string of the molecule is CCCCOc1ccc(S(=O)(=O)C2(OC(=O)NO)CCN(Cc3ccccc3)CC2)cc1. The number of hydroxylamine groups is 1. The summed E-state index contributed by atoms with van der Waals surface area (Å²) in [5, 5.41) is 8.96. The van der Waals surface area contributed by atoms with Crippen LogP contribution in [0.1, 0.15) is 38.2 Å². The monoisotopic (exact) mass is 462 g/mol. The summed E-state index contributed by atoms with van der Waals surface area (Å²) >= 11 is 0. The normalized spacial score (nSPS) is 16.3. The molecule has 1 heterocycles. The average molecular weight is 463 g/mol. The van der Waals surface area contributed by atoms with Crippen LogP contribution in [0.25, 0.3) is 0 Å². The van der Waals surface area contributed by atoms with Gasteiger partial charge < -0.3 is 9.47 Å². The third-order valence-corrected chi connectivity index (χ3v) is 7.99. The molecule has 0 unspecified atom stereocenters. The van der Waals surface area contributed by atoms with E-state index >= 15 is 0 Å². The minimum atomic E-state index is -4.04. The predicted molar refractivity (Wildman–Crippen MR) is 119 cm³/mol. The van der Waals surface area contributed by atoms with E-state index in [9.17, 15) is 13.2 Å². The molecule has 0 aliphatic carbocycles. The second-order valence-electron chi connectivity index (χ2n) is 7.85.